The van der Waals surface area contributed by atoms with Crippen LogP contribution in [-0.4, -0.2) is 12.2 Å². The first-order chi connectivity index (χ1) is 10.2. The molecule has 0 aliphatic heterocycles. The predicted octanol–water partition coefficient (Wildman–Crippen LogP) is 4.85. The van der Waals surface area contributed by atoms with E-state index in [1.54, 1.807) is 7.11 Å². The summed E-state index contributed by atoms with van der Waals surface area (Å²) >= 11 is 0. The van der Waals surface area contributed by atoms with Crippen molar-refractivity contribution in [2.45, 2.75) is 45.1 Å². The van der Waals surface area contributed by atoms with Crippen LogP contribution in [0.15, 0.2) is 36.4 Å². The molecule has 21 heavy (non-hydrogen) atoms. The molecule has 1 aliphatic rings. The number of fused-ring (bicyclic) bond motifs is 1. The molecule has 1 fully saturated rings. The molecule has 2 aromatic carbocycles. The van der Waals surface area contributed by atoms with E-state index >= 15 is 0 Å². The second-order valence-corrected chi connectivity index (χ2v) is 6.52. The maximum atomic E-state index is 11.0. The second-order valence-electron chi connectivity index (χ2n) is 6.52. The molecule has 1 atom stereocenters. The highest BCUT2D eigenvalue weighted by Gasteiger charge is 2.36. The summed E-state index contributed by atoms with van der Waals surface area (Å²) in [6.07, 6.45) is 5.55. The van der Waals surface area contributed by atoms with Crippen molar-refractivity contribution < 1.29 is 9.84 Å². The Morgan fingerprint density at radius 3 is 2.33 bits per heavy atom. The molecule has 0 saturated heterocycles. The van der Waals surface area contributed by atoms with Gasteiger partial charge in [-0.1, -0.05) is 56.5 Å². The van der Waals surface area contributed by atoms with Gasteiger partial charge >= 0.3 is 0 Å². The Kier molecular flexibility index (Phi) is 3.90. The van der Waals surface area contributed by atoms with E-state index in [0.29, 0.717) is 0 Å². The van der Waals surface area contributed by atoms with E-state index in [-0.39, 0.29) is 5.41 Å². The summed E-state index contributed by atoms with van der Waals surface area (Å²) in [5.41, 5.74) is 1.03. The van der Waals surface area contributed by atoms with Gasteiger partial charge in [-0.15, -0.1) is 0 Å². The molecule has 1 N–H and O–H groups in total. The van der Waals surface area contributed by atoms with E-state index in [4.69, 9.17) is 4.74 Å². The first kappa shape index (κ1) is 14.4. The van der Waals surface area contributed by atoms with Gasteiger partial charge in [0.15, 0.2) is 0 Å². The van der Waals surface area contributed by atoms with Crippen LogP contribution in [-0.2, 0) is 0 Å². The van der Waals surface area contributed by atoms with E-state index < -0.39 is 6.10 Å². The van der Waals surface area contributed by atoms with Crippen molar-refractivity contribution >= 4 is 10.8 Å². The van der Waals surface area contributed by atoms with Crippen LogP contribution in [0.4, 0.5) is 0 Å². The lowest BCUT2D eigenvalue weighted by Crippen LogP contribution is -2.28. The highest BCUT2D eigenvalue weighted by Crippen LogP contribution is 2.47. The Labute approximate surface area is 126 Å². The van der Waals surface area contributed by atoms with Gasteiger partial charge < -0.3 is 9.84 Å². The highest BCUT2D eigenvalue weighted by atomic mass is 16.5. The van der Waals surface area contributed by atoms with Crippen molar-refractivity contribution in [2.24, 2.45) is 5.41 Å². The minimum Gasteiger partial charge on any atom is -0.496 e. The first-order valence-corrected chi connectivity index (χ1v) is 7.89. The van der Waals surface area contributed by atoms with Gasteiger partial charge in [-0.25, -0.2) is 0 Å². The molecule has 2 nitrogen and oxygen atoms in total. The van der Waals surface area contributed by atoms with E-state index in [0.717, 1.165) is 34.9 Å². The third-order valence-electron chi connectivity index (χ3n) is 5.09. The van der Waals surface area contributed by atoms with Gasteiger partial charge in [0.2, 0.25) is 0 Å². The molecule has 1 aliphatic carbocycles. The molecule has 0 amide bonds. The van der Waals surface area contributed by atoms with Crippen molar-refractivity contribution in [1.29, 1.82) is 0 Å². The smallest absolute Gasteiger partial charge is 0.126 e. The van der Waals surface area contributed by atoms with Crippen molar-refractivity contribution in [1.82, 2.24) is 0 Å². The highest BCUT2D eigenvalue weighted by molar-refractivity contribution is 5.91. The lowest BCUT2D eigenvalue weighted by atomic mass is 9.69. The summed E-state index contributed by atoms with van der Waals surface area (Å²) in [6, 6.07) is 12.2. The zero-order chi connectivity index (χ0) is 14.9. The third kappa shape index (κ3) is 2.53. The van der Waals surface area contributed by atoms with Crippen molar-refractivity contribution in [3.05, 3.63) is 42.0 Å². The molecule has 1 unspecified atom stereocenters. The lowest BCUT2D eigenvalue weighted by Gasteiger charge is -2.38. The van der Waals surface area contributed by atoms with Crippen LogP contribution in [0.3, 0.4) is 0 Å². The van der Waals surface area contributed by atoms with E-state index in [1.165, 1.54) is 19.3 Å². The van der Waals surface area contributed by atoms with Gasteiger partial charge in [-0.05, 0) is 35.3 Å². The Morgan fingerprint density at radius 2 is 1.67 bits per heavy atom. The minimum absolute atomic E-state index is 0.00436. The Hall–Kier alpha value is -1.54. The molecule has 0 bridgehead atoms. The topological polar surface area (TPSA) is 29.5 Å². The van der Waals surface area contributed by atoms with Crippen LogP contribution in [0.1, 0.15) is 50.7 Å². The van der Waals surface area contributed by atoms with E-state index in [1.807, 2.05) is 24.3 Å². The first-order valence-electron chi connectivity index (χ1n) is 7.89. The molecule has 2 heteroatoms. The van der Waals surface area contributed by atoms with Crippen LogP contribution in [0.5, 0.6) is 5.75 Å². The molecule has 0 radical (unpaired) electrons. The van der Waals surface area contributed by atoms with Gasteiger partial charge in [-0.2, -0.15) is 0 Å². The molecule has 0 spiro atoms. The van der Waals surface area contributed by atoms with Crippen LogP contribution >= 0.6 is 0 Å². The van der Waals surface area contributed by atoms with E-state index in [9.17, 15) is 5.11 Å². The average Bonchev–Trinajstić information content (AvgIpc) is 2.54. The number of rotatable bonds is 3. The summed E-state index contributed by atoms with van der Waals surface area (Å²) in [7, 11) is 1.69. The minimum atomic E-state index is -0.409. The third-order valence-corrected chi connectivity index (χ3v) is 5.09. The SMILES string of the molecule is COc1ccc(C(O)C2(C)CCCCC2)c2ccccc12. The summed E-state index contributed by atoms with van der Waals surface area (Å²) in [4.78, 5) is 0. The molecule has 0 heterocycles. The van der Waals surface area contributed by atoms with Crippen LogP contribution in [0.2, 0.25) is 0 Å². The number of benzene rings is 2. The molecular formula is C19H24O2. The maximum absolute atomic E-state index is 11.0. The number of hydrogen-bond acceptors (Lipinski definition) is 2. The average molecular weight is 284 g/mol. The number of methoxy groups -OCH3 is 1. The van der Waals surface area contributed by atoms with Crippen molar-refractivity contribution in [3.63, 3.8) is 0 Å². The molecule has 112 valence electrons. The van der Waals surface area contributed by atoms with Crippen molar-refractivity contribution in [2.75, 3.05) is 7.11 Å². The molecule has 0 aromatic heterocycles. The van der Waals surface area contributed by atoms with Crippen LogP contribution in [0.25, 0.3) is 10.8 Å². The summed E-state index contributed by atoms with van der Waals surface area (Å²) < 4.78 is 5.45. The fourth-order valence-electron chi connectivity index (χ4n) is 3.72. The number of aliphatic hydroxyl groups is 1. The zero-order valence-corrected chi connectivity index (χ0v) is 12.9. The second kappa shape index (κ2) is 5.69. The van der Waals surface area contributed by atoms with Crippen LogP contribution < -0.4 is 4.74 Å². The Morgan fingerprint density at radius 1 is 1.00 bits per heavy atom. The summed E-state index contributed by atoms with van der Waals surface area (Å²) in [5.74, 6) is 0.871. The fourth-order valence-corrected chi connectivity index (χ4v) is 3.72. The number of aliphatic hydroxyl groups excluding tert-OH is 1. The Balaban J connectivity index is 2.08. The normalized spacial score (nSPS) is 19.4. The molecule has 2 aromatic rings. The predicted molar refractivity (Wildman–Crippen MR) is 86.7 cm³/mol. The molecule has 3 rings (SSSR count). The summed E-state index contributed by atoms with van der Waals surface area (Å²) in [5, 5.41) is 13.2. The number of ether oxygens (including phenoxy) is 1. The summed E-state index contributed by atoms with van der Waals surface area (Å²) in [6.45, 7) is 2.23. The van der Waals surface area contributed by atoms with Gasteiger partial charge in [-0.3, -0.25) is 0 Å². The van der Waals surface area contributed by atoms with Gasteiger partial charge in [0, 0.05) is 5.39 Å². The van der Waals surface area contributed by atoms with Crippen molar-refractivity contribution in [3.8, 4) is 5.75 Å². The lowest BCUT2D eigenvalue weighted by molar-refractivity contribution is 0.00918. The quantitative estimate of drug-likeness (QED) is 0.872. The van der Waals surface area contributed by atoms with Gasteiger partial charge in [0.05, 0.1) is 13.2 Å². The Bertz CT molecular complexity index is 626. The number of hydrogen-bond donors (Lipinski definition) is 1. The largest absolute Gasteiger partial charge is 0.496 e. The monoisotopic (exact) mass is 284 g/mol. The van der Waals surface area contributed by atoms with Gasteiger partial charge in [0.1, 0.15) is 5.75 Å². The van der Waals surface area contributed by atoms with Gasteiger partial charge in [0.25, 0.3) is 0 Å². The maximum Gasteiger partial charge on any atom is 0.126 e. The zero-order valence-electron chi connectivity index (χ0n) is 12.9. The molecule has 1 saturated carbocycles. The van der Waals surface area contributed by atoms with Crippen LogP contribution in [0, 0.1) is 5.41 Å². The molecular weight excluding hydrogens is 260 g/mol. The standard InChI is InChI=1S/C19H24O2/c1-19(12-6-3-7-13-19)18(20)16-10-11-17(21-2)15-9-5-4-8-14(15)16/h4-5,8-11,18,20H,3,6-7,12-13H2,1-2H3. The van der Waals surface area contributed by atoms with E-state index in [2.05, 4.69) is 19.1 Å². The fraction of sp³-hybridized carbons (Fsp3) is 0.474.